The van der Waals surface area contributed by atoms with E-state index in [9.17, 15) is 4.79 Å². The van der Waals surface area contributed by atoms with Gasteiger partial charge in [-0.2, -0.15) is 0 Å². The molecular formula is C14H19NO2. The Labute approximate surface area is 102 Å². The van der Waals surface area contributed by atoms with Crippen LogP contribution in [0.3, 0.4) is 0 Å². The van der Waals surface area contributed by atoms with Crippen molar-refractivity contribution in [3.63, 3.8) is 0 Å². The fourth-order valence-corrected chi connectivity index (χ4v) is 2.05. The molecule has 1 unspecified atom stereocenters. The lowest BCUT2D eigenvalue weighted by Gasteiger charge is -2.23. The van der Waals surface area contributed by atoms with Gasteiger partial charge in [0.2, 0.25) is 0 Å². The van der Waals surface area contributed by atoms with Crippen LogP contribution in [-0.4, -0.2) is 35.4 Å². The first-order chi connectivity index (χ1) is 8.08. The van der Waals surface area contributed by atoms with Gasteiger partial charge in [-0.1, -0.05) is 0 Å². The van der Waals surface area contributed by atoms with E-state index in [0.29, 0.717) is 18.2 Å². The summed E-state index contributed by atoms with van der Waals surface area (Å²) in [5.41, 5.74) is 0.664. The number of benzene rings is 1. The predicted molar refractivity (Wildman–Crippen MR) is 67.3 cm³/mol. The van der Waals surface area contributed by atoms with Crippen LogP contribution >= 0.6 is 0 Å². The predicted octanol–water partition coefficient (Wildman–Crippen LogP) is 2.31. The van der Waals surface area contributed by atoms with E-state index in [-0.39, 0.29) is 11.5 Å². The first-order valence-electron chi connectivity index (χ1n) is 6.10. The average Bonchev–Trinajstić information content (AvgIpc) is 3.12. The van der Waals surface area contributed by atoms with Crippen LogP contribution in [0.15, 0.2) is 24.3 Å². The average molecular weight is 233 g/mol. The molecule has 1 aliphatic rings. The molecule has 1 saturated carbocycles. The SMILES string of the molecule is CC(C1CC1)N(C)CC(=O)c1ccc(O)cc1. The Balaban J connectivity index is 1.93. The molecule has 1 aliphatic carbocycles. The van der Waals surface area contributed by atoms with Crippen molar-refractivity contribution < 1.29 is 9.90 Å². The van der Waals surface area contributed by atoms with Crippen molar-refractivity contribution in [2.75, 3.05) is 13.6 Å². The van der Waals surface area contributed by atoms with Crippen LogP contribution in [-0.2, 0) is 0 Å². The smallest absolute Gasteiger partial charge is 0.176 e. The van der Waals surface area contributed by atoms with Crippen molar-refractivity contribution in [2.24, 2.45) is 5.92 Å². The second-order valence-corrected chi connectivity index (χ2v) is 4.96. The molecule has 1 aromatic rings. The lowest BCUT2D eigenvalue weighted by Crippen LogP contribution is -2.35. The maximum Gasteiger partial charge on any atom is 0.176 e. The summed E-state index contributed by atoms with van der Waals surface area (Å²) >= 11 is 0. The molecule has 3 nitrogen and oxygen atoms in total. The highest BCUT2D eigenvalue weighted by molar-refractivity contribution is 5.97. The Morgan fingerprint density at radius 1 is 1.41 bits per heavy atom. The molecule has 0 bridgehead atoms. The van der Waals surface area contributed by atoms with Crippen molar-refractivity contribution in [1.82, 2.24) is 4.90 Å². The summed E-state index contributed by atoms with van der Waals surface area (Å²) < 4.78 is 0. The number of carbonyl (C=O) groups is 1. The van der Waals surface area contributed by atoms with Gasteiger partial charge in [-0.15, -0.1) is 0 Å². The normalized spacial score (nSPS) is 17.1. The standard InChI is InChI=1S/C14H19NO2/c1-10(11-3-4-11)15(2)9-14(17)12-5-7-13(16)8-6-12/h5-8,10-11,16H,3-4,9H2,1-2H3. The highest BCUT2D eigenvalue weighted by atomic mass is 16.3. The van der Waals surface area contributed by atoms with Crippen molar-refractivity contribution in [3.8, 4) is 5.75 Å². The van der Waals surface area contributed by atoms with Gasteiger partial charge in [0.25, 0.3) is 0 Å². The van der Waals surface area contributed by atoms with Crippen LogP contribution < -0.4 is 0 Å². The number of rotatable bonds is 5. The summed E-state index contributed by atoms with van der Waals surface area (Å²) in [6.07, 6.45) is 2.58. The monoisotopic (exact) mass is 233 g/mol. The molecule has 0 radical (unpaired) electrons. The minimum absolute atomic E-state index is 0.111. The third kappa shape index (κ3) is 3.07. The zero-order valence-electron chi connectivity index (χ0n) is 10.4. The summed E-state index contributed by atoms with van der Waals surface area (Å²) in [4.78, 5) is 14.1. The summed E-state index contributed by atoms with van der Waals surface area (Å²) in [6, 6.07) is 6.94. The highest BCUT2D eigenvalue weighted by Gasteiger charge is 2.31. The molecule has 17 heavy (non-hydrogen) atoms. The fraction of sp³-hybridized carbons (Fsp3) is 0.500. The zero-order chi connectivity index (χ0) is 12.4. The van der Waals surface area contributed by atoms with Crippen LogP contribution in [0, 0.1) is 5.92 Å². The second-order valence-electron chi connectivity index (χ2n) is 4.96. The molecule has 0 aromatic heterocycles. The van der Waals surface area contributed by atoms with Crippen molar-refractivity contribution in [3.05, 3.63) is 29.8 Å². The molecule has 1 atom stereocenters. The Morgan fingerprint density at radius 2 is 2.00 bits per heavy atom. The minimum atomic E-state index is 0.111. The van der Waals surface area contributed by atoms with Crippen molar-refractivity contribution >= 4 is 5.78 Å². The van der Waals surface area contributed by atoms with Crippen LogP contribution in [0.4, 0.5) is 0 Å². The first kappa shape index (κ1) is 12.1. The summed E-state index contributed by atoms with van der Waals surface area (Å²) in [5, 5.41) is 9.17. The highest BCUT2D eigenvalue weighted by Crippen LogP contribution is 2.34. The van der Waals surface area contributed by atoms with Gasteiger partial charge in [-0.25, -0.2) is 0 Å². The van der Waals surface area contributed by atoms with Gasteiger partial charge in [0.05, 0.1) is 6.54 Å². The first-order valence-corrected chi connectivity index (χ1v) is 6.10. The number of hydrogen-bond donors (Lipinski definition) is 1. The third-order valence-electron chi connectivity index (χ3n) is 3.58. The van der Waals surface area contributed by atoms with Crippen molar-refractivity contribution in [1.29, 1.82) is 0 Å². The molecule has 92 valence electrons. The molecule has 0 saturated heterocycles. The maximum atomic E-state index is 12.0. The third-order valence-corrected chi connectivity index (χ3v) is 3.58. The molecule has 0 aliphatic heterocycles. The Hall–Kier alpha value is -1.35. The van der Waals surface area contributed by atoms with E-state index in [1.165, 1.54) is 12.8 Å². The largest absolute Gasteiger partial charge is 0.508 e. The number of carbonyl (C=O) groups excluding carboxylic acids is 1. The van der Waals surface area contributed by atoms with E-state index in [1.807, 2.05) is 7.05 Å². The second kappa shape index (κ2) is 4.88. The fourth-order valence-electron chi connectivity index (χ4n) is 2.05. The van der Waals surface area contributed by atoms with Gasteiger partial charge in [-0.05, 0) is 57.0 Å². The zero-order valence-corrected chi connectivity index (χ0v) is 10.4. The number of phenolic OH excluding ortho intramolecular Hbond substituents is 1. The van der Waals surface area contributed by atoms with E-state index in [1.54, 1.807) is 24.3 Å². The van der Waals surface area contributed by atoms with Gasteiger partial charge in [0.15, 0.2) is 5.78 Å². The molecular weight excluding hydrogens is 214 g/mol. The summed E-state index contributed by atoms with van der Waals surface area (Å²) in [6.45, 7) is 2.63. The molecule has 2 rings (SSSR count). The Morgan fingerprint density at radius 3 is 2.53 bits per heavy atom. The number of Topliss-reactive ketones (excluding diaryl/α,β-unsaturated/α-hetero) is 1. The molecule has 0 heterocycles. The van der Waals surface area contributed by atoms with Gasteiger partial charge >= 0.3 is 0 Å². The van der Waals surface area contributed by atoms with Crippen LogP contribution in [0.25, 0.3) is 0 Å². The lowest BCUT2D eigenvalue weighted by atomic mass is 10.1. The molecule has 0 spiro atoms. The van der Waals surface area contributed by atoms with E-state index in [2.05, 4.69) is 11.8 Å². The number of nitrogens with zero attached hydrogens (tertiary/aromatic N) is 1. The molecule has 1 N–H and O–H groups in total. The Bertz CT molecular complexity index is 395. The van der Waals surface area contributed by atoms with E-state index < -0.39 is 0 Å². The van der Waals surface area contributed by atoms with Crippen LogP contribution in [0.2, 0.25) is 0 Å². The maximum absolute atomic E-state index is 12.0. The summed E-state index contributed by atoms with van der Waals surface area (Å²) in [5.74, 6) is 1.08. The number of aromatic hydroxyl groups is 1. The van der Waals surface area contributed by atoms with Gasteiger partial charge in [0, 0.05) is 11.6 Å². The molecule has 1 fully saturated rings. The van der Waals surface area contributed by atoms with E-state index >= 15 is 0 Å². The van der Waals surface area contributed by atoms with E-state index in [0.717, 1.165) is 5.92 Å². The number of hydrogen-bond acceptors (Lipinski definition) is 3. The topological polar surface area (TPSA) is 40.5 Å². The van der Waals surface area contributed by atoms with E-state index in [4.69, 9.17) is 5.11 Å². The minimum Gasteiger partial charge on any atom is -0.508 e. The van der Waals surface area contributed by atoms with Crippen LogP contribution in [0.1, 0.15) is 30.1 Å². The van der Waals surface area contributed by atoms with Crippen molar-refractivity contribution in [2.45, 2.75) is 25.8 Å². The van der Waals surface area contributed by atoms with Gasteiger partial charge in [-0.3, -0.25) is 9.69 Å². The number of phenols is 1. The van der Waals surface area contributed by atoms with Gasteiger partial charge < -0.3 is 5.11 Å². The summed E-state index contributed by atoms with van der Waals surface area (Å²) in [7, 11) is 2.00. The van der Waals surface area contributed by atoms with Crippen LogP contribution in [0.5, 0.6) is 5.75 Å². The molecule has 1 aromatic carbocycles. The van der Waals surface area contributed by atoms with Gasteiger partial charge in [0.1, 0.15) is 5.75 Å². The molecule has 3 heteroatoms. The number of likely N-dealkylation sites (N-methyl/N-ethyl adjacent to an activating group) is 1. The lowest BCUT2D eigenvalue weighted by molar-refractivity contribution is 0.0917. The number of ketones is 1. The Kier molecular flexibility index (Phi) is 3.48. The quantitative estimate of drug-likeness (QED) is 0.793. The molecule has 0 amide bonds.